The molecule has 0 aliphatic heterocycles. The summed E-state index contributed by atoms with van der Waals surface area (Å²) in [6, 6.07) is 17.4. The predicted octanol–water partition coefficient (Wildman–Crippen LogP) is 4.18. The van der Waals surface area contributed by atoms with Crippen molar-refractivity contribution in [3.05, 3.63) is 65.9 Å². The molecule has 3 rings (SSSR count). The number of nitrogens with zero attached hydrogens (tertiary/aromatic N) is 1. The highest BCUT2D eigenvalue weighted by atomic mass is 32.2. The van der Waals surface area contributed by atoms with Crippen molar-refractivity contribution in [2.75, 3.05) is 19.4 Å². The van der Waals surface area contributed by atoms with Gasteiger partial charge in [0, 0.05) is 28.8 Å². The minimum atomic E-state index is -0.234. The number of benzene rings is 2. The lowest BCUT2D eigenvalue weighted by atomic mass is 10.1. The number of methoxy groups -OCH3 is 1. The van der Waals surface area contributed by atoms with Crippen molar-refractivity contribution >= 4 is 17.7 Å². The maximum absolute atomic E-state index is 12.2. The van der Waals surface area contributed by atoms with E-state index in [9.17, 15) is 4.79 Å². The van der Waals surface area contributed by atoms with Gasteiger partial charge in [0.15, 0.2) is 11.5 Å². The van der Waals surface area contributed by atoms with Crippen molar-refractivity contribution in [2.24, 2.45) is 0 Å². The first kappa shape index (κ1) is 18.1. The highest BCUT2D eigenvalue weighted by molar-refractivity contribution is 7.99. The van der Waals surface area contributed by atoms with Crippen LogP contribution in [0.4, 0.5) is 0 Å². The highest BCUT2D eigenvalue weighted by Crippen LogP contribution is 2.22. The van der Waals surface area contributed by atoms with E-state index in [1.165, 1.54) is 5.56 Å². The van der Waals surface area contributed by atoms with E-state index in [2.05, 4.69) is 10.5 Å². The fourth-order valence-electron chi connectivity index (χ4n) is 2.33. The molecule has 0 unspecified atom stereocenters. The molecule has 3 aromatic rings. The lowest BCUT2D eigenvalue weighted by Crippen LogP contribution is -2.25. The van der Waals surface area contributed by atoms with Crippen LogP contribution in [0.1, 0.15) is 16.1 Å². The molecule has 6 heteroatoms. The van der Waals surface area contributed by atoms with Crippen LogP contribution in [0, 0.1) is 6.92 Å². The van der Waals surface area contributed by atoms with Gasteiger partial charge in [-0.25, -0.2) is 0 Å². The van der Waals surface area contributed by atoms with Crippen LogP contribution < -0.4 is 10.1 Å². The Balaban J connectivity index is 1.48. The van der Waals surface area contributed by atoms with Gasteiger partial charge in [0.05, 0.1) is 7.11 Å². The summed E-state index contributed by atoms with van der Waals surface area (Å²) in [5.41, 5.74) is 2.35. The second-order valence-electron chi connectivity index (χ2n) is 5.72. The molecule has 0 saturated carbocycles. The third-order valence-corrected chi connectivity index (χ3v) is 4.81. The molecule has 0 aliphatic carbocycles. The summed E-state index contributed by atoms with van der Waals surface area (Å²) in [5, 5.41) is 6.72. The number of thioether (sulfide) groups is 1. The standard InChI is InChI=1S/C20H20N2O3S/c1-14-3-5-15(6-4-14)19-13-18(22-25-19)20(23)21-11-12-26-17-9-7-16(24-2)8-10-17/h3-10,13H,11-12H2,1-2H3,(H,21,23). The van der Waals surface area contributed by atoms with Crippen molar-refractivity contribution < 1.29 is 14.1 Å². The lowest BCUT2D eigenvalue weighted by molar-refractivity contribution is 0.0947. The van der Waals surface area contributed by atoms with E-state index in [1.807, 2.05) is 55.5 Å². The Hall–Kier alpha value is -2.73. The van der Waals surface area contributed by atoms with E-state index in [1.54, 1.807) is 24.9 Å². The number of aryl methyl sites for hydroxylation is 1. The number of nitrogens with one attached hydrogen (secondary N) is 1. The van der Waals surface area contributed by atoms with E-state index >= 15 is 0 Å². The minimum Gasteiger partial charge on any atom is -0.497 e. The van der Waals surface area contributed by atoms with Crippen molar-refractivity contribution in [1.82, 2.24) is 10.5 Å². The molecule has 0 aliphatic rings. The molecule has 2 aromatic carbocycles. The number of hydrogen-bond donors (Lipinski definition) is 1. The van der Waals surface area contributed by atoms with Gasteiger partial charge >= 0.3 is 0 Å². The van der Waals surface area contributed by atoms with Gasteiger partial charge < -0.3 is 14.6 Å². The van der Waals surface area contributed by atoms with Crippen molar-refractivity contribution in [3.8, 4) is 17.1 Å². The molecule has 0 spiro atoms. The smallest absolute Gasteiger partial charge is 0.273 e. The third kappa shape index (κ3) is 4.67. The Kier molecular flexibility index (Phi) is 5.96. The van der Waals surface area contributed by atoms with Crippen LogP contribution in [0.15, 0.2) is 64.0 Å². The van der Waals surface area contributed by atoms with Crippen molar-refractivity contribution in [3.63, 3.8) is 0 Å². The fraction of sp³-hybridized carbons (Fsp3) is 0.200. The fourth-order valence-corrected chi connectivity index (χ4v) is 3.10. The lowest BCUT2D eigenvalue weighted by Gasteiger charge is -2.04. The number of rotatable bonds is 7. The molecule has 0 saturated heterocycles. The zero-order valence-corrected chi connectivity index (χ0v) is 15.5. The normalized spacial score (nSPS) is 10.5. The van der Waals surface area contributed by atoms with Gasteiger partial charge in [0.1, 0.15) is 5.75 Å². The highest BCUT2D eigenvalue weighted by Gasteiger charge is 2.13. The Morgan fingerprint density at radius 2 is 1.88 bits per heavy atom. The van der Waals surface area contributed by atoms with Crippen LogP contribution in [0.2, 0.25) is 0 Å². The Morgan fingerprint density at radius 1 is 1.15 bits per heavy atom. The van der Waals surface area contributed by atoms with Gasteiger partial charge in [0.25, 0.3) is 5.91 Å². The number of ether oxygens (including phenoxy) is 1. The minimum absolute atomic E-state index is 0.234. The summed E-state index contributed by atoms with van der Waals surface area (Å²) in [5.74, 6) is 1.95. The molecule has 0 atom stereocenters. The predicted molar refractivity (Wildman–Crippen MR) is 103 cm³/mol. The van der Waals surface area contributed by atoms with Gasteiger partial charge in [-0.2, -0.15) is 0 Å². The topological polar surface area (TPSA) is 64.4 Å². The summed E-state index contributed by atoms with van der Waals surface area (Å²) in [4.78, 5) is 13.3. The summed E-state index contributed by atoms with van der Waals surface area (Å²) in [7, 11) is 1.64. The molecule has 1 N–H and O–H groups in total. The van der Waals surface area contributed by atoms with E-state index < -0.39 is 0 Å². The SMILES string of the molecule is COc1ccc(SCCNC(=O)c2cc(-c3ccc(C)cc3)on2)cc1. The zero-order chi connectivity index (χ0) is 18.4. The van der Waals surface area contributed by atoms with Crippen LogP contribution >= 0.6 is 11.8 Å². The number of carbonyl (C=O) groups excluding carboxylic acids is 1. The Morgan fingerprint density at radius 3 is 2.58 bits per heavy atom. The van der Waals surface area contributed by atoms with Crippen LogP contribution in [0.5, 0.6) is 5.75 Å². The van der Waals surface area contributed by atoms with Crippen LogP contribution in [0.25, 0.3) is 11.3 Å². The van der Waals surface area contributed by atoms with E-state index in [0.717, 1.165) is 22.0 Å². The first-order valence-electron chi connectivity index (χ1n) is 8.24. The third-order valence-electron chi connectivity index (χ3n) is 3.79. The van der Waals surface area contributed by atoms with Crippen molar-refractivity contribution in [2.45, 2.75) is 11.8 Å². The summed E-state index contributed by atoms with van der Waals surface area (Å²) in [6.45, 7) is 2.56. The number of amides is 1. The van der Waals surface area contributed by atoms with Crippen LogP contribution in [-0.4, -0.2) is 30.5 Å². The first-order chi connectivity index (χ1) is 12.7. The molecule has 0 fully saturated rings. The summed E-state index contributed by atoms with van der Waals surface area (Å²) in [6.07, 6.45) is 0. The molecular weight excluding hydrogens is 348 g/mol. The molecular formula is C20H20N2O3S. The molecule has 0 radical (unpaired) electrons. The average Bonchev–Trinajstić information content (AvgIpc) is 3.16. The van der Waals surface area contributed by atoms with Crippen LogP contribution in [-0.2, 0) is 0 Å². The molecule has 1 heterocycles. The molecule has 1 aromatic heterocycles. The maximum atomic E-state index is 12.2. The quantitative estimate of drug-likeness (QED) is 0.501. The summed E-state index contributed by atoms with van der Waals surface area (Å²) >= 11 is 1.67. The molecule has 26 heavy (non-hydrogen) atoms. The Bertz CT molecular complexity index is 858. The second-order valence-corrected chi connectivity index (χ2v) is 6.89. The van der Waals surface area contributed by atoms with E-state index in [4.69, 9.17) is 9.26 Å². The zero-order valence-electron chi connectivity index (χ0n) is 14.7. The Labute approximate surface area is 156 Å². The molecule has 0 bridgehead atoms. The molecule has 1 amide bonds. The van der Waals surface area contributed by atoms with Gasteiger partial charge in [-0.1, -0.05) is 35.0 Å². The largest absolute Gasteiger partial charge is 0.497 e. The van der Waals surface area contributed by atoms with Gasteiger partial charge in [0.2, 0.25) is 0 Å². The number of carbonyl (C=O) groups is 1. The first-order valence-corrected chi connectivity index (χ1v) is 9.23. The number of aromatic nitrogens is 1. The van der Waals surface area contributed by atoms with Crippen molar-refractivity contribution in [1.29, 1.82) is 0 Å². The summed E-state index contributed by atoms with van der Waals surface area (Å²) < 4.78 is 10.4. The molecule has 5 nitrogen and oxygen atoms in total. The van der Waals surface area contributed by atoms with E-state index in [-0.39, 0.29) is 11.6 Å². The van der Waals surface area contributed by atoms with E-state index in [0.29, 0.717) is 12.3 Å². The van der Waals surface area contributed by atoms with Gasteiger partial charge in [-0.15, -0.1) is 11.8 Å². The maximum Gasteiger partial charge on any atom is 0.273 e. The monoisotopic (exact) mass is 368 g/mol. The average molecular weight is 368 g/mol. The van der Waals surface area contributed by atoms with Gasteiger partial charge in [-0.3, -0.25) is 4.79 Å². The number of hydrogen-bond acceptors (Lipinski definition) is 5. The second kappa shape index (κ2) is 8.58. The molecule has 134 valence electrons. The van der Waals surface area contributed by atoms with Crippen LogP contribution in [0.3, 0.4) is 0 Å². The van der Waals surface area contributed by atoms with Gasteiger partial charge in [-0.05, 0) is 31.2 Å².